The van der Waals surface area contributed by atoms with Gasteiger partial charge in [0.25, 0.3) is 5.91 Å². The molecule has 1 amide bonds. The van der Waals surface area contributed by atoms with Gasteiger partial charge in [-0.05, 0) is 17.7 Å². The van der Waals surface area contributed by atoms with Crippen LogP contribution in [0.5, 0.6) is 11.5 Å². The monoisotopic (exact) mass is 538 g/mol. The molecule has 3 atom stereocenters. The number of benzene rings is 2. The van der Waals surface area contributed by atoms with Gasteiger partial charge >= 0.3 is 0 Å². The molecule has 39 heavy (non-hydrogen) atoms. The summed E-state index contributed by atoms with van der Waals surface area (Å²) >= 11 is 0. The van der Waals surface area contributed by atoms with Crippen LogP contribution < -0.4 is 20.1 Å². The van der Waals surface area contributed by atoms with E-state index in [0.717, 1.165) is 12.1 Å². The first-order valence-electron chi connectivity index (χ1n) is 12.6. The number of fused-ring (bicyclic) bond motifs is 3. The van der Waals surface area contributed by atoms with Crippen LogP contribution in [0.15, 0.2) is 47.4 Å². The second kappa shape index (κ2) is 8.68. The van der Waals surface area contributed by atoms with Gasteiger partial charge in [0.05, 0.1) is 31.5 Å². The van der Waals surface area contributed by atoms with Crippen molar-refractivity contribution in [3.8, 4) is 11.5 Å². The molecule has 10 nitrogen and oxygen atoms in total. The van der Waals surface area contributed by atoms with Crippen LogP contribution in [0.25, 0.3) is 0 Å². The Morgan fingerprint density at radius 2 is 1.87 bits per heavy atom. The van der Waals surface area contributed by atoms with Gasteiger partial charge in [0.2, 0.25) is 5.43 Å². The first-order chi connectivity index (χ1) is 18.9. The highest BCUT2D eigenvalue weighted by Gasteiger charge is 2.48. The van der Waals surface area contributed by atoms with Gasteiger partial charge in [-0.1, -0.05) is 18.2 Å². The van der Waals surface area contributed by atoms with E-state index in [2.05, 4.69) is 0 Å². The first-order valence-corrected chi connectivity index (χ1v) is 12.6. The van der Waals surface area contributed by atoms with E-state index in [9.17, 15) is 24.2 Å². The van der Waals surface area contributed by atoms with E-state index in [1.54, 1.807) is 17.1 Å². The molecule has 1 aromatic heterocycles. The maximum Gasteiger partial charge on any atom is 0.278 e. The van der Waals surface area contributed by atoms with Crippen LogP contribution in [0.4, 0.5) is 14.5 Å². The quantitative estimate of drug-likeness (QED) is 0.505. The average Bonchev–Trinajstić information content (AvgIpc) is 3.10. The Labute approximate surface area is 220 Å². The topological polar surface area (TPSA) is 108 Å². The van der Waals surface area contributed by atoms with Crippen molar-refractivity contribution in [3.63, 3.8) is 0 Å². The molecule has 1 fully saturated rings. The lowest BCUT2D eigenvalue weighted by Gasteiger charge is -2.51. The highest BCUT2D eigenvalue weighted by molar-refractivity contribution is 5.96. The lowest BCUT2D eigenvalue weighted by Crippen LogP contribution is -2.66. The number of morpholine rings is 1. The summed E-state index contributed by atoms with van der Waals surface area (Å²) in [5, 5.41) is 22.7. The highest BCUT2D eigenvalue weighted by Crippen LogP contribution is 2.49. The minimum absolute atomic E-state index is 0.0338. The predicted molar refractivity (Wildman–Crippen MR) is 133 cm³/mol. The predicted octanol–water partition coefficient (Wildman–Crippen LogP) is 1.45. The van der Waals surface area contributed by atoms with Crippen LogP contribution in [-0.4, -0.2) is 70.9 Å². The maximum atomic E-state index is 15.6. The van der Waals surface area contributed by atoms with Gasteiger partial charge in [0.1, 0.15) is 24.6 Å². The molecule has 2 aromatic carbocycles. The van der Waals surface area contributed by atoms with E-state index in [1.165, 1.54) is 21.8 Å². The van der Waals surface area contributed by atoms with E-state index < -0.39 is 47.0 Å². The minimum Gasteiger partial charge on any atom is -0.502 e. The molecule has 2 N–H and O–H groups in total. The highest BCUT2D eigenvalue weighted by atomic mass is 19.2. The fourth-order valence-corrected chi connectivity index (χ4v) is 6.18. The van der Waals surface area contributed by atoms with Gasteiger partial charge in [-0.2, -0.15) is 0 Å². The number of hydrogen-bond donors (Lipinski definition) is 2. The number of aliphatic hydroxyl groups excluding tert-OH is 1. The van der Waals surface area contributed by atoms with Gasteiger partial charge in [-0.3, -0.25) is 19.3 Å². The van der Waals surface area contributed by atoms with Crippen molar-refractivity contribution in [3.05, 3.63) is 86.8 Å². The summed E-state index contributed by atoms with van der Waals surface area (Å²) in [7, 11) is 0. The molecule has 3 aromatic rings. The number of nitrogens with zero attached hydrogens (tertiary/aromatic N) is 4. The number of pyridine rings is 1. The largest absolute Gasteiger partial charge is 0.502 e. The molecule has 2 unspecified atom stereocenters. The van der Waals surface area contributed by atoms with Crippen LogP contribution in [0.3, 0.4) is 0 Å². The molecule has 1 saturated heterocycles. The second-order valence-corrected chi connectivity index (χ2v) is 9.96. The molecule has 0 saturated carbocycles. The number of carbonyl (C=O) groups is 1. The third kappa shape index (κ3) is 3.31. The number of anilines is 1. The third-order valence-corrected chi connectivity index (χ3v) is 7.99. The second-order valence-electron chi connectivity index (χ2n) is 9.96. The van der Waals surface area contributed by atoms with Crippen molar-refractivity contribution in [2.75, 3.05) is 42.9 Å². The molecular weight excluding hydrogens is 514 g/mol. The van der Waals surface area contributed by atoms with Crippen LogP contribution in [0.1, 0.15) is 33.2 Å². The normalized spacial score (nSPS) is 23.3. The number of para-hydroxylation sites is 1. The Balaban J connectivity index is 1.56. The molecule has 5 heterocycles. The lowest BCUT2D eigenvalue weighted by atomic mass is 9.92. The molecule has 12 heteroatoms. The van der Waals surface area contributed by atoms with Crippen molar-refractivity contribution in [1.29, 1.82) is 0 Å². The van der Waals surface area contributed by atoms with Crippen LogP contribution in [-0.2, 0) is 11.3 Å². The number of halogens is 2. The lowest BCUT2D eigenvalue weighted by molar-refractivity contribution is -0.0197. The SMILES string of the molecule is O=C1c2c(O)c(=O)ccn2N(C2c3ccc(F)c(F)c3CN3c4c(cccc42)OC[C@@H]3CO)C2COCCN12. The van der Waals surface area contributed by atoms with Gasteiger partial charge in [0, 0.05) is 36.5 Å². The fourth-order valence-electron chi connectivity index (χ4n) is 6.18. The Morgan fingerprint density at radius 3 is 2.69 bits per heavy atom. The Hall–Kier alpha value is -4.16. The standard InChI is InChI=1S/C27H24F2N4O6/c28-18-5-4-15-17(22(18)29)10-31-14(11-34)12-39-20-3-1-2-16(24(20)31)23(15)33-21-13-38-9-8-30(21)27(37)25-26(36)19(35)6-7-32(25)33/h1-7,14,21,23,34,36H,8-13H2/t14-,21?,23?/m0/s1. The first kappa shape index (κ1) is 23.9. The summed E-state index contributed by atoms with van der Waals surface area (Å²) < 4.78 is 43.4. The van der Waals surface area contributed by atoms with Crippen molar-refractivity contribution in [1.82, 2.24) is 9.58 Å². The molecule has 0 spiro atoms. The number of hydrogen-bond acceptors (Lipinski definition) is 8. The molecule has 0 radical (unpaired) electrons. The molecule has 202 valence electrons. The van der Waals surface area contributed by atoms with Crippen molar-refractivity contribution in [2.45, 2.75) is 24.8 Å². The zero-order valence-corrected chi connectivity index (χ0v) is 20.6. The van der Waals surface area contributed by atoms with E-state index in [0.29, 0.717) is 22.6 Å². The number of aliphatic hydroxyl groups is 1. The number of aromatic hydroxyl groups is 1. The van der Waals surface area contributed by atoms with Gasteiger partial charge in [0.15, 0.2) is 23.1 Å². The summed E-state index contributed by atoms with van der Waals surface area (Å²) in [5.74, 6) is -2.73. The van der Waals surface area contributed by atoms with Crippen LogP contribution >= 0.6 is 0 Å². The molecule has 4 aliphatic heterocycles. The molecular formula is C27H24F2N4O6. The van der Waals surface area contributed by atoms with Crippen molar-refractivity contribution >= 4 is 11.6 Å². The van der Waals surface area contributed by atoms with E-state index in [4.69, 9.17) is 9.47 Å². The van der Waals surface area contributed by atoms with Gasteiger partial charge < -0.3 is 29.5 Å². The fraction of sp³-hybridized carbons (Fsp3) is 0.333. The summed E-state index contributed by atoms with van der Waals surface area (Å²) in [6.07, 6.45) is 0.693. The Morgan fingerprint density at radius 1 is 1.03 bits per heavy atom. The molecule has 0 aliphatic carbocycles. The van der Waals surface area contributed by atoms with E-state index in [1.807, 2.05) is 11.0 Å². The number of rotatable bonds is 2. The number of aromatic nitrogens is 1. The zero-order valence-electron chi connectivity index (χ0n) is 20.6. The average molecular weight is 539 g/mol. The van der Waals surface area contributed by atoms with Crippen LogP contribution in [0, 0.1) is 11.6 Å². The summed E-state index contributed by atoms with van der Waals surface area (Å²) in [6.45, 7) is 0.412. The van der Waals surface area contributed by atoms with Crippen molar-refractivity contribution in [2.24, 2.45) is 0 Å². The minimum atomic E-state index is -1.01. The third-order valence-electron chi connectivity index (χ3n) is 7.99. The number of ether oxygens (including phenoxy) is 2. The summed E-state index contributed by atoms with van der Waals surface area (Å²) in [4.78, 5) is 29.3. The maximum absolute atomic E-state index is 15.6. The van der Waals surface area contributed by atoms with E-state index >= 15 is 4.39 Å². The smallest absolute Gasteiger partial charge is 0.278 e. The Bertz CT molecular complexity index is 1580. The number of amides is 1. The number of carbonyl (C=O) groups excluding carboxylic acids is 1. The summed E-state index contributed by atoms with van der Waals surface area (Å²) in [5.41, 5.74) is 0.848. The molecule has 0 bridgehead atoms. The summed E-state index contributed by atoms with van der Waals surface area (Å²) in [6, 6.07) is 7.77. The van der Waals surface area contributed by atoms with Gasteiger partial charge in [-0.15, -0.1) is 0 Å². The Kier molecular flexibility index (Phi) is 5.32. The van der Waals surface area contributed by atoms with Crippen LogP contribution in [0.2, 0.25) is 0 Å². The van der Waals surface area contributed by atoms with Crippen molar-refractivity contribution < 1.29 is 33.3 Å². The molecule has 4 aliphatic rings. The van der Waals surface area contributed by atoms with Gasteiger partial charge in [-0.25, -0.2) is 8.78 Å². The molecule has 7 rings (SSSR count). The zero-order chi connectivity index (χ0) is 27.0. The van der Waals surface area contributed by atoms with E-state index in [-0.39, 0.29) is 50.8 Å².